The minimum Gasteiger partial charge on any atom is -0.306 e. The molecule has 0 spiro atoms. The first-order valence-corrected chi connectivity index (χ1v) is 6.02. The predicted octanol–water partition coefficient (Wildman–Crippen LogP) is 3.08. The van der Waals surface area contributed by atoms with E-state index in [1.54, 1.807) is 6.07 Å². The fourth-order valence-electron chi connectivity index (χ4n) is 1.38. The molecule has 0 aliphatic rings. The second-order valence-corrected chi connectivity index (χ2v) is 4.59. The lowest BCUT2D eigenvalue weighted by molar-refractivity contribution is 0.102. The minimum atomic E-state index is -1.31. The largest absolute Gasteiger partial charge is 0.306 e. The Balaban J connectivity index is 2.26. The molecule has 2 heterocycles. The molecule has 2 aromatic rings. The van der Waals surface area contributed by atoms with E-state index in [4.69, 9.17) is 0 Å². The van der Waals surface area contributed by atoms with E-state index in [0.717, 1.165) is 22.3 Å². The molecule has 0 aliphatic heterocycles. The number of carbonyl (C=O) groups excluding carboxylic acids is 1. The van der Waals surface area contributed by atoms with E-state index in [-0.39, 0.29) is 5.82 Å². The molecule has 0 saturated carbocycles. The van der Waals surface area contributed by atoms with E-state index in [1.165, 1.54) is 6.20 Å². The van der Waals surface area contributed by atoms with Crippen molar-refractivity contribution in [2.24, 2.45) is 0 Å². The highest BCUT2D eigenvalue weighted by Gasteiger charge is 2.16. The number of anilines is 1. The zero-order valence-corrected chi connectivity index (χ0v) is 11.3. The summed E-state index contributed by atoms with van der Waals surface area (Å²) in [6.45, 7) is 1.81. The summed E-state index contributed by atoms with van der Waals surface area (Å²) in [6, 6.07) is 2.71. The molecule has 0 bridgehead atoms. The zero-order chi connectivity index (χ0) is 14.0. The number of aryl methyl sites for hydroxylation is 1. The van der Waals surface area contributed by atoms with Crippen LogP contribution in [0.5, 0.6) is 0 Å². The Bertz CT molecular complexity index is 649. The third-order valence-corrected chi connectivity index (χ3v) is 3.21. The quantitative estimate of drug-likeness (QED) is 0.862. The number of rotatable bonds is 2. The Kier molecular flexibility index (Phi) is 3.84. The standard InChI is InChI=1S/C12H8BrF2N3O/c1-6-4-9(17-5-8(6)13)18-12(19)7-2-3-16-11(15)10(7)14/h2-5H,1H3,(H,17,18,19). The van der Waals surface area contributed by atoms with Crippen LogP contribution in [0.25, 0.3) is 0 Å². The van der Waals surface area contributed by atoms with Gasteiger partial charge in [-0.1, -0.05) is 0 Å². The number of pyridine rings is 2. The van der Waals surface area contributed by atoms with Crippen molar-refractivity contribution in [3.8, 4) is 0 Å². The van der Waals surface area contributed by atoms with Gasteiger partial charge in [0, 0.05) is 16.9 Å². The summed E-state index contributed by atoms with van der Waals surface area (Å²) >= 11 is 3.27. The summed E-state index contributed by atoms with van der Waals surface area (Å²) in [5.74, 6) is -3.13. The Morgan fingerprint density at radius 1 is 1.37 bits per heavy atom. The van der Waals surface area contributed by atoms with Crippen LogP contribution in [0.1, 0.15) is 15.9 Å². The molecule has 0 saturated heterocycles. The molecule has 0 radical (unpaired) electrons. The van der Waals surface area contributed by atoms with Gasteiger partial charge in [0.15, 0.2) is 5.82 Å². The summed E-state index contributed by atoms with van der Waals surface area (Å²) in [5, 5.41) is 2.39. The highest BCUT2D eigenvalue weighted by molar-refractivity contribution is 9.10. The lowest BCUT2D eigenvalue weighted by atomic mass is 10.2. The maximum atomic E-state index is 13.4. The summed E-state index contributed by atoms with van der Waals surface area (Å²) < 4.78 is 27.1. The van der Waals surface area contributed by atoms with Gasteiger partial charge in [0.05, 0.1) is 5.56 Å². The van der Waals surface area contributed by atoms with E-state index in [2.05, 4.69) is 31.2 Å². The first-order chi connectivity index (χ1) is 8.99. The van der Waals surface area contributed by atoms with Crippen LogP contribution < -0.4 is 5.32 Å². The van der Waals surface area contributed by atoms with Gasteiger partial charge in [0.2, 0.25) is 5.95 Å². The molecule has 0 fully saturated rings. The Labute approximate surface area is 116 Å². The molecule has 1 amide bonds. The maximum Gasteiger partial charge on any atom is 0.260 e. The predicted molar refractivity (Wildman–Crippen MR) is 68.8 cm³/mol. The fourth-order valence-corrected chi connectivity index (χ4v) is 1.60. The molecule has 0 aromatic carbocycles. The molecular formula is C12H8BrF2N3O. The van der Waals surface area contributed by atoms with Crippen molar-refractivity contribution in [1.82, 2.24) is 9.97 Å². The van der Waals surface area contributed by atoms with Crippen LogP contribution in [0.15, 0.2) is 29.0 Å². The summed E-state index contributed by atoms with van der Waals surface area (Å²) in [6.07, 6.45) is 2.53. The van der Waals surface area contributed by atoms with E-state index < -0.39 is 23.2 Å². The number of halogens is 3. The molecule has 4 nitrogen and oxygen atoms in total. The lowest BCUT2D eigenvalue weighted by Gasteiger charge is -2.06. The number of amides is 1. The van der Waals surface area contributed by atoms with Crippen molar-refractivity contribution < 1.29 is 13.6 Å². The SMILES string of the molecule is Cc1cc(NC(=O)c2ccnc(F)c2F)ncc1Br. The number of nitrogens with zero attached hydrogens (tertiary/aromatic N) is 2. The van der Waals surface area contributed by atoms with Gasteiger partial charge in [0.25, 0.3) is 5.91 Å². The van der Waals surface area contributed by atoms with Gasteiger partial charge >= 0.3 is 0 Å². The van der Waals surface area contributed by atoms with Crippen LogP contribution in [0.4, 0.5) is 14.6 Å². The second-order valence-electron chi connectivity index (χ2n) is 3.74. The summed E-state index contributed by atoms with van der Waals surface area (Å²) in [5.41, 5.74) is 0.432. The molecule has 98 valence electrons. The smallest absolute Gasteiger partial charge is 0.260 e. The molecule has 2 rings (SSSR count). The number of aromatic nitrogens is 2. The molecule has 19 heavy (non-hydrogen) atoms. The highest BCUT2D eigenvalue weighted by atomic mass is 79.9. The van der Waals surface area contributed by atoms with E-state index in [9.17, 15) is 13.6 Å². The van der Waals surface area contributed by atoms with E-state index in [1.807, 2.05) is 6.92 Å². The van der Waals surface area contributed by atoms with Crippen LogP contribution in [0, 0.1) is 18.7 Å². The van der Waals surface area contributed by atoms with Crippen LogP contribution in [0.3, 0.4) is 0 Å². The summed E-state index contributed by atoms with van der Waals surface area (Å²) in [7, 11) is 0. The molecule has 2 aromatic heterocycles. The Morgan fingerprint density at radius 3 is 2.79 bits per heavy atom. The topological polar surface area (TPSA) is 54.9 Å². The monoisotopic (exact) mass is 327 g/mol. The lowest BCUT2D eigenvalue weighted by Crippen LogP contribution is -2.16. The third-order valence-electron chi connectivity index (χ3n) is 2.38. The zero-order valence-electron chi connectivity index (χ0n) is 9.75. The van der Waals surface area contributed by atoms with Gasteiger partial charge in [-0.2, -0.15) is 4.39 Å². The average molecular weight is 328 g/mol. The molecule has 0 atom stereocenters. The van der Waals surface area contributed by atoms with Crippen molar-refractivity contribution in [3.05, 3.63) is 51.9 Å². The van der Waals surface area contributed by atoms with Crippen LogP contribution >= 0.6 is 15.9 Å². The first kappa shape index (κ1) is 13.5. The minimum absolute atomic E-state index is 0.252. The van der Waals surface area contributed by atoms with E-state index in [0.29, 0.717) is 0 Å². The van der Waals surface area contributed by atoms with Crippen molar-refractivity contribution >= 4 is 27.7 Å². The van der Waals surface area contributed by atoms with Crippen LogP contribution in [-0.4, -0.2) is 15.9 Å². The van der Waals surface area contributed by atoms with Gasteiger partial charge in [0.1, 0.15) is 5.82 Å². The number of hydrogen-bond donors (Lipinski definition) is 1. The van der Waals surface area contributed by atoms with Crippen LogP contribution in [0.2, 0.25) is 0 Å². The van der Waals surface area contributed by atoms with Crippen molar-refractivity contribution in [2.75, 3.05) is 5.32 Å². The van der Waals surface area contributed by atoms with Gasteiger partial charge in [-0.3, -0.25) is 4.79 Å². The Morgan fingerprint density at radius 2 is 2.11 bits per heavy atom. The number of hydrogen-bond acceptors (Lipinski definition) is 3. The van der Waals surface area contributed by atoms with Crippen molar-refractivity contribution in [1.29, 1.82) is 0 Å². The van der Waals surface area contributed by atoms with Crippen molar-refractivity contribution in [2.45, 2.75) is 6.92 Å². The third kappa shape index (κ3) is 2.93. The maximum absolute atomic E-state index is 13.4. The second kappa shape index (κ2) is 5.40. The van der Waals surface area contributed by atoms with Gasteiger partial charge in [-0.15, -0.1) is 0 Å². The van der Waals surface area contributed by atoms with Gasteiger partial charge in [-0.25, -0.2) is 14.4 Å². The van der Waals surface area contributed by atoms with Crippen LogP contribution in [-0.2, 0) is 0 Å². The molecule has 0 unspecified atom stereocenters. The normalized spacial score (nSPS) is 10.3. The molecule has 1 N–H and O–H groups in total. The van der Waals surface area contributed by atoms with Crippen molar-refractivity contribution in [3.63, 3.8) is 0 Å². The Hall–Kier alpha value is -1.89. The van der Waals surface area contributed by atoms with E-state index >= 15 is 0 Å². The highest BCUT2D eigenvalue weighted by Crippen LogP contribution is 2.18. The first-order valence-electron chi connectivity index (χ1n) is 5.22. The van der Waals surface area contributed by atoms with Gasteiger partial charge < -0.3 is 5.32 Å². The fraction of sp³-hybridized carbons (Fsp3) is 0.0833. The number of nitrogens with one attached hydrogen (secondary N) is 1. The number of carbonyl (C=O) groups is 1. The molecular weight excluding hydrogens is 320 g/mol. The average Bonchev–Trinajstić information content (AvgIpc) is 2.37. The summed E-state index contributed by atoms with van der Waals surface area (Å²) in [4.78, 5) is 18.8. The molecule has 0 aliphatic carbocycles. The molecule has 7 heteroatoms. The van der Waals surface area contributed by atoms with Gasteiger partial charge in [-0.05, 0) is 40.5 Å².